The van der Waals surface area contributed by atoms with Crippen molar-refractivity contribution in [3.8, 4) is 0 Å². The smallest absolute Gasteiger partial charge is 0.243 e. The molecular formula is C21H24ClN3O5S. The largest absolute Gasteiger partial charge is 0.392 e. The van der Waals surface area contributed by atoms with Crippen LogP contribution in [0.25, 0.3) is 0 Å². The molecule has 0 aliphatic carbocycles. The maximum atomic E-state index is 13.1. The Kier molecular flexibility index (Phi) is 6.49. The predicted molar refractivity (Wildman–Crippen MR) is 118 cm³/mol. The van der Waals surface area contributed by atoms with Crippen LogP contribution in [0.2, 0.25) is 5.02 Å². The Morgan fingerprint density at radius 2 is 1.71 bits per heavy atom. The number of carbonyl (C=O) groups is 1. The second-order valence-corrected chi connectivity index (χ2v) is 9.90. The summed E-state index contributed by atoms with van der Waals surface area (Å²) in [7, 11) is -3.96. The third-order valence-electron chi connectivity index (χ3n) is 5.47. The highest BCUT2D eigenvalue weighted by Crippen LogP contribution is 2.28. The van der Waals surface area contributed by atoms with Gasteiger partial charge in [0.05, 0.1) is 24.2 Å². The van der Waals surface area contributed by atoms with Crippen LogP contribution >= 0.6 is 11.6 Å². The van der Waals surface area contributed by atoms with Gasteiger partial charge in [-0.3, -0.25) is 4.79 Å². The highest BCUT2D eigenvalue weighted by Gasteiger charge is 2.43. The van der Waals surface area contributed by atoms with E-state index in [4.69, 9.17) is 16.3 Å². The first kappa shape index (κ1) is 22.0. The van der Waals surface area contributed by atoms with Gasteiger partial charge in [-0.15, -0.1) is 0 Å². The van der Waals surface area contributed by atoms with Crippen LogP contribution < -0.4 is 10.2 Å². The predicted octanol–water partition coefficient (Wildman–Crippen LogP) is 1.94. The third-order valence-corrected chi connectivity index (χ3v) is 7.61. The number of hydrogen-bond donors (Lipinski definition) is 2. The summed E-state index contributed by atoms with van der Waals surface area (Å²) >= 11 is 5.85. The fourth-order valence-electron chi connectivity index (χ4n) is 3.83. The van der Waals surface area contributed by atoms with Crippen molar-refractivity contribution in [1.29, 1.82) is 0 Å². The van der Waals surface area contributed by atoms with E-state index >= 15 is 0 Å². The molecule has 2 aliphatic heterocycles. The van der Waals surface area contributed by atoms with Crippen molar-refractivity contribution in [3.05, 3.63) is 53.6 Å². The van der Waals surface area contributed by atoms with Gasteiger partial charge >= 0.3 is 0 Å². The second-order valence-electron chi connectivity index (χ2n) is 7.57. The maximum Gasteiger partial charge on any atom is 0.243 e. The lowest BCUT2D eigenvalue weighted by molar-refractivity contribution is -0.119. The number of morpholine rings is 1. The van der Waals surface area contributed by atoms with Crippen molar-refractivity contribution in [3.63, 3.8) is 0 Å². The molecule has 4 rings (SSSR count). The number of halogens is 1. The van der Waals surface area contributed by atoms with Crippen LogP contribution in [0.15, 0.2) is 53.4 Å². The number of β-amino-alcohol motifs (C(OH)–C–C–N with tert-alkyl or cyclic N) is 1. The standard InChI is InChI=1S/C21H24ClN3O5S/c22-15-1-7-19(8-2-15)31(28,29)25-14-18(26)13-20(25)21(27)23-16-3-5-17(6-4-16)24-9-11-30-12-10-24/h1-8,18,20,26H,9-14H2,(H,23,27)/t18-,20+/m1/s1. The van der Waals surface area contributed by atoms with Gasteiger partial charge in [-0.05, 0) is 48.5 Å². The Hall–Kier alpha value is -2.17. The summed E-state index contributed by atoms with van der Waals surface area (Å²) in [5, 5.41) is 13.3. The fourth-order valence-corrected chi connectivity index (χ4v) is 5.59. The number of carbonyl (C=O) groups excluding carboxylic acids is 1. The van der Waals surface area contributed by atoms with Gasteiger partial charge in [0.15, 0.2) is 0 Å². The van der Waals surface area contributed by atoms with Crippen LogP contribution in [-0.2, 0) is 19.6 Å². The zero-order valence-electron chi connectivity index (χ0n) is 16.8. The Balaban J connectivity index is 1.48. The molecule has 31 heavy (non-hydrogen) atoms. The molecule has 2 saturated heterocycles. The summed E-state index contributed by atoms with van der Waals surface area (Å²) in [6.45, 7) is 2.84. The monoisotopic (exact) mass is 465 g/mol. The Morgan fingerprint density at radius 1 is 1.06 bits per heavy atom. The lowest BCUT2D eigenvalue weighted by Crippen LogP contribution is -2.43. The summed E-state index contributed by atoms with van der Waals surface area (Å²) in [5.41, 5.74) is 1.59. The van der Waals surface area contributed by atoms with E-state index in [-0.39, 0.29) is 17.9 Å². The van der Waals surface area contributed by atoms with Crippen LogP contribution in [0.1, 0.15) is 6.42 Å². The van der Waals surface area contributed by atoms with Crippen LogP contribution in [0, 0.1) is 0 Å². The molecule has 2 aromatic carbocycles. The molecule has 166 valence electrons. The van der Waals surface area contributed by atoms with Crippen LogP contribution in [0.3, 0.4) is 0 Å². The number of amides is 1. The van der Waals surface area contributed by atoms with E-state index in [1.165, 1.54) is 24.3 Å². The molecular weight excluding hydrogens is 442 g/mol. The number of nitrogens with zero attached hydrogens (tertiary/aromatic N) is 2. The number of anilines is 2. The Bertz CT molecular complexity index is 1020. The average Bonchev–Trinajstić information content (AvgIpc) is 3.18. The van der Waals surface area contributed by atoms with Crippen LogP contribution in [0.5, 0.6) is 0 Å². The topological polar surface area (TPSA) is 99.2 Å². The third kappa shape index (κ3) is 4.86. The van der Waals surface area contributed by atoms with E-state index in [0.29, 0.717) is 23.9 Å². The van der Waals surface area contributed by atoms with Gasteiger partial charge in [0.25, 0.3) is 0 Å². The summed E-state index contributed by atoms with van der Waals surface area (Å²) in [6.07, 6.45) is -0.883. The molecule has 2 aliphatic rings. The summed E-state index contributed by atoms with van der Waals surface area (Å²) in [5.74, 6) is -0.479. The highest BCUT2D eigenvalue weighted by molar-refractivity contribution is 7.89. The highest BCUT2D eigenvalue weighted by atomic mass is 35.5. The molecule has 0 aromatic heterocycles. The molecule has 2 atom stereocenters. The van der Waals surface area contributed by atoms with Gasteiger partial charge in [0, 0.05) is 42.5 Å². The van der Waals surface area contributed by atoms with Crippen molar-refractivity contribution in [1.82, 2.24) is 4.31 Å². The number of hydrogen-bond acceptors (Lipinski definition) is 6. The fraction of sp³-hybridized carbons (Fsp3) is 0.381. The van der Waals surface area contributed by atoms with E-state index in [0.717, 1.165) is 23.1 Å². The van der Waals surface area contributed by atoms with Crippen molar-refractivity contribution in [2.75, 3.05) is 43.1 Å². The van der Waals surface area contributed by atoms with Crippen LogP contribution in [0.4, 0.5) is 11.4 Å². The van der Waals surface area contributed by atoms with Gasteiger partial charge in [0.2, 0.25) is 15.9 Å². The first-order valence-electron chi connectivity index (χ1n) is 10.0. The molecule has 2 N–H and O–H groups in total. The number of nitrogens with one attached hydrogen (secondary N) is 1. The summed E-state index contributed by atoms with van der Waals surface area (Å²) in [4.78, 5) is 15.1. The lowest BCUT2D eigenvalue weighted by Gasteiger charge is -2.29. The minimum absolute atomic E-state index is 0.0265. The minimum atomic E-state index is -3.96. The Morgan fingerprint density at radius 3 is 2.35 bits per heavy atom. The van der Waals surface area contributed by atoms with Gasteiger partial charge in [-0.2, -0.15) is 4.31 Å². The molecule has 0 unspecified atom stereocenters. The van der Waals surface area contributed by atoms with Crippen LogP contribution in [-0.4, -0.2) is 68.7 Å². The molecule has 0 radical (unpaired) electrons. The SMILES string of the molecule is O=C(Nc1ccc(N2CCOCC2)cc1)[C@@H]1C[C@@H](O)CN1S(=O)(=O)c1ccc(Cl)cc1. The van der Waals surface area contributed by atoms with Crippen molar-refractivity contribution >= 4 is 38.9 Å². The number of benzene rings is 2. The van der Waals surface area contributed by atoms with E-state index in [1.807, 2.05) is 12.1 Å². The van der Waals surface area contributed by atoms with Gasteiger partial charge in [-0.25, -0.2) is 8.42 Å². The van der Waals surface area contributed by atoms with Crippen molar-refractivity contribution in [2.45, 2.75) is 23.5 Å². The zero-order valence-corrected chi connectivity index (χ0v) is 18.3. The van der Waals surface area contributed by atoms with E-state index in [2.05, 4.69) is 10.2 Å². The van der Waals surface area contributed by atoms with Gasteiger partial charge < -0.3 is 20.1 Å². The zero-order chi connectivity index (χ0) is 22.0. The molecule has 2 fully saturated rings. The number of rotatable bonds is 5. The minimum Gasteiger partial charge on any atom is -0.392 e. The summed E-state index contributed by atoms with van der Waals surface area (Å²) < 4.78 is 32.5. The number of aliphatic hydroxyl groups excluding tert-OH is 1. The van der Waals surface area contributed by atoms with E-state index in [1.54, 1.807) is 12.1 Å². The normalized spacial score (nSPS) is 22.5. The second kappa shape index (κ2) is 9.13. The van der Waals surface area contributed by atoms with Crippen molar-refractivity contribution < 1.29 is 23.1 Å². The number of ether oxygens (including phenoxy) is 1. The quantitative estimate of drug-likeness (QED) is 0.700. The van der Waals surface area contributed by atoms with Gasteiger partial charge in [0.1, 0.15) is 6.04 Å². The van der Waals surface area contributed by atoms with Crippen molar-refractivity contribution in [2.24, 2.45) is 0 Å². The molecule has 2 heterocycles. The Labute approximate surface area is 186 Å². The molecule has 0 bridgehead atoms. The maximum absolute atomic E-state index is 13.1. The lowest BCUT2D eigenvalue weighted by atomic mass is 10.2. The molecule has 1 amide bonds. The first-order valence-corrected chi connectivity index (χ1v) is 11.9. The first-order chi connectivity index (χ1) is 14.8. The molecule has 10 heteroatoms. The van der Waals surface area contributed by atoms with Gasteiger partial charge in [-0.1, -0.05) is 11.6 Å². The van der Waals surface area contributed by atoms with E-state index in [9.17, 15) is 18.3 Å². The molecule has 0 spiro atoms. The number of aliphatic hydroxyl groups is 1. The average molecular weight is 466 g/mol. The molecule has 8 nitrogen and oxygen atoms in total. The number of sulfonamides is 1. The molecule has 2 aromatic rings. The van der Waals surface area contributed by atoms with E-state index < -0.39 is 28.1 Å². The molecule has 0 saturated carbocycles. The summed E-state index contributed by atoms with van der Waals surface area (Å²) in [6, 6.07) is 12.1.